The third kappa shape index (κ3) is 5.52. The maximum absolute atomic E-state index is 13.4. The van der Waals surface area contributed by atoms with E-state index in [0.717, 1.165) is 65.9 Å². The van der Waals surface area contributed by atoms with Gasteiger partial charge in [-0.1, -0.05) is 12.1 Å². The van der Waals surface area contributed by atoms with Gasteiger partial charge in [-0.05, 0) is 80.3 Å². The molecule has 1 atom stereocenters. The van der Waals surface area contributed by atoms with Gasteiger partial charge in [0.1, 0.15) is 0 Å². The second-order valence-corrected chi connectivity index (χ2v) is 14.0. The number of furan rings is 1. The molecule has 0 bridgehead atoms. The molecule has 40 heavy (non-hydrogen) atoms. The van der Waals surface area contributed by atoms with E-state index in [1.54, 1.807) is 22.5 Å². The van der Waals surface area contributed by atoms with E-state index in [9.17, 15) is 18.0 Å². The fourth-order valence-electron chi connectivity index (χ4n) is 6.14. The fourth-order valence-corrected chi connectivity index (χ4v) is 7.98. The third-order valence-corrected chi connectivity index (χ3v) is 10.6. The summed E-state index contributed by atoms with van der Waals surface area (Å²) >= 11 is 1.54. The smallest absolute Gasteiger partial charge is 0.258 e. The molecule has 0 spiro atoms. The molecule has 1 aromatic heterocycles. The number of rotatable bonds is 8. The molecule has 4 heterocycles. The SMILES string of the molecule is CS(=O)(=O)N1CCC(CCN2C(=O)c3cccc4c(NC(=O)C5CCCN(Sc6ccco6)C5)ccc2c34)CC1. The van der Waals surface area contributed by atoms with Gasteiger partial charge in [0, 0.05) is 54.7 Å². The summed E-state index contributed by atoms with van der Waals surface area (Å²) in [5, 5.41) is 5.74. The van der Waals surface area contributed by atoms with Gasteiger partial charge in [0.2, 0.25) is 15.9 Å². The number of hydrogen-bond acceptors (Lipinski definition) is 7. The molecule has 3 aliphatic heterocycles. The van der Waals surface area contributed by atoms with Crippen molar-refractivity contribution in [1.29, 1.82) is 0 Å². The molecule has 2 fully saturated rings. The van der Waals surface area contributed by atoms with Gasteiger partial charge in [-0.3, -0.25) is 9.59 Å². The summed E-state index contributed by atoms with van der Waals surface area (Å²) in [7, 11) is -3.15. The van der Waals surface area contributed by atoms with Crippen LogP contribution in [0.4, 0.5) is 11.4 Å². The number of piperidine rings is 2. The number of hydrogen-bond donors (Lipinski definition) is 1. The Balaban J connectivity index is 1.13. The molecule has 9 nitrogen and oxygen atoms in total. The molecule has 2 aromatic carbocycles. The summed E-state index contributed by atoms with van der Waals surface area (Å²) in [5.74, 6) is 0.221. The van der Waals surface area contributed by atoms with E-state index in [1.165, 1.54) is 6.26 Å². The molecule has 3 aromatic rings. The topological polar surface area (TPSA) is 103 Å². The van der Waals surface area contributed by atoms with Gasteiger partial charge in [0.15, 0.2) is 5.09 Å². The van der Waals surface area contributed by atoms with Crippen LogP contribution in [0.5, 0.6) is 0 Å². The van der Waals surface area contributed by atoms with E-state index in [0.29, 0.717) is 37.7 Å². The lowest BCUT2D eigenvalue weighted by molar-refractivity contribution is -0.120. The lowest BCUT2D eigenvalue weighted by Crippen LogP contribution is -2.38. The lowest BCUT2D eigenvalue weighted by atomic mass is 9.94. The van der Waals surface area contributed by atoms with Crippen molar-refractivity contribution < 1.29 is 22.4 Å². The Kier molecular flexibility index (Phi) is 7.64. The first-order valence-corrected chi connectivity index (χ1v) is 16.5. The first-order chi connectivity index (χ1) is 19.3. The highest BCUT2D eigenvalue weighted by Gasteiger charge is 2.33. The Morgan fingerprint density at radius 3 is 2.65 bits per heavy atom. The van der Waals surface area contributed by atoms with Crippen LogP contribution in [0.3, 0.4) is 0 Å². The molecule has 0 saturated carbocycles. The van der Waals surface area contributed by atoms with Crippen molar-refractivity contribution in [1.82, 2.24) is 8.61 Å². The lowest BCUT2D eigenvalue weighted by Gasteiger charge is -2.31. The van der Waals surface area contributed by atoms with Crippen LogP contribution in [0.1, 0.15) is 42.5 Å². The monoisotopic (exact) mass is 582 g/mol. The average Bonchev–Trinajstić information content (AvgIpc) is 3.55. The maximum atomic E-state index is 13.4. The highest BCUT2D eigenvalue weighted by atomic mass is 32.2. The minimum Gasteiger partial charge on any atom is -0.457 e. The third-order valence-electron chi connectivity index (χ3n) is 8.32. The second-order valence-electron chi connectivity index (χ2n) is 11.0. The summed E-state index contributed by atoms with van der Waals surface area (Å²) in [6, 6.07) is 13.3. The molecule has 0 radical (unpaired) electrons. The van der Waals surface area contributed by atoms with Crippen LogP contribution >= 0.6 is 11.9 Å². The molecule has 3 aliphatic rings. The van der Waals surface area contributed by atoms with Crippen LogP contribution in [0.2, 0.25) is 0 Å². The Hall–Kier alpha value is -2.86. The van der Waals surface area contributed by atoms with Crippen LogP contribution in [0.15, 0.2) is 58.2 Å². The van der Waals surface area contributed by atoms with Crippen molar-refractivity contribution in [2.45, 2.75) is 37.2 Å². The summed E-state index contributed by atoms with van der Waals surface area (Å²) in [5.41, 5.74) is 2.26. The highest BCUT2D eigenvalue weighted by molar-refractivity contribution is 7.96. The number of sulfonamides is 1. The molecule has 1 unspecified atom stereocenters. The summed E-state index contributed by atoms with van der Waals surface area (Å²) in [6.07, 6.45) is 7.12. The Morgan fingerprint density at radius 1 is 1.07 bits per heavy atom. The van der Waals surface area contributed by atoms with Gasteiger partial charge < -0.3 is 14.6 Å². The minimum atomic E-state index is -3.15. The van der Waals surface area contributed by atoms with Crippen molar-refractivity contribution in [3.05, 3.63) is 54.3 Å². The van der Waals surface area contributed by atoms with E-state index < -0.39 is 10.0 Å². The highest BCUT2D eigenvalue weighted by Crippen LogP contribution is 2.41. The van der Waals surface area contributed by atoms with Gasteiger partial charge in [-0.25, -0.2) is 17.0 Å². The quantitative estimate of drug-likeness (QED) is 0.380. The number of carbonyl (C=O) groups is 2. The van der Waals surface area contributed by atoms with Crippen molar-refractivity contribution in [2.24, 2.45) is 11.8 Å². The molecule has 2 amide bonds. The van der Waals surface area contributed by atoms with Crippen molar-refractivity contribution in [3.8, 4) is 0 Å². The van der Waals surface area contributed by atoms with Crippen LogP contribution in [-0.4, -0.2) is 67.8 Å². The largest absolute Gasteiger partial charge is 0.457 e. The van der Waals surface area contributed by atoms with Crippen LogP contribution in [0, 0.1) is 11.8 Å². The van der Waals surface area contributed by atoms with Crippen molar-refractivity contribution in [2.75, 3.05) is 49.2 Å². The predicted octanol–water partition coefficient (Wildman–Crippen LogP) is 4.81. The number of benzene rings is 2. The van der Waals surface area contributed by atoms with E-state index in [-0.39, 0.29) is 17.7 Å². The van der Waals surface area contributed by atoms with Crippen LogP contribution < -0.4 is 10.2 Å². The van der Waals surface area contributed by atoms with Crippen LogP contribution in [0.25, 0.3) is 10.8 Å². The van der Waals surface area contributed by atoms with Gasteiger partial charge in [-0.2, -0.15) is 0 Å². The van der Waals surface area contributed by atoms with Gasteiger partial charge in [0.05, 0.1) is 24.1 Å². The normalized spacial score (nSPS) is 20.9. The molecule has 11 heteroatoms. The van der Waals surface area contributed by atoms with Gasteiger partial charge in [0.25, 0.3) is 5.91 Å². The number of carbonyl (C=O) groups excluding carboxylic acids is 2. The average molecular weight is 583 g/mol. The maximum Gasteiger partial charge on any atom is 0.258 e. The first-order valence-electron chi connectivity index (χ1n) is 13.9. The van der Waals surface area contributed by atoms with Crippen molar-refractivity contribution in [3.63, 3.8) is 0 Å². The molecular weight excluding hydrogens is 548 g/mol. The molecule has 6 rings (SSSR count). The standard InChI is InChI=1S/C29H34N4O5S2/c1-40(36,37)32-15-11-20(12-16-32)13-17-33-25-10-9-24(22-6-2-7-23(27(22)25)29(33)35)30-28(34)21-5-3-14-31(19-21)39-26-8-4-18-38-26/h2,4,6-10,18,20-21H,3,5,11-17,19H2,1H3,(H,30,34). The first kappa shape index (κ1) is 27.3. The van der Waals surface area contributed by atoms with Gasteiger partial charge in [-0.15, -0.1) is 0 Å². The summed E-state index contributed by atoms with van der Waals surface area (Å²) in [6.45, 7) is 3.22. The van der Waals surface area contributed by atoms with Crippen LogP contribution in [-0.2, 0) is 14.8 Å². The van der Waals surface area contributed by atoms with Crippen molar-refractivity contribution >= 4 is 55.9 Å². The fraction of sp³-hybridized carbons (Fsp3) is 0.448. The molecule has 0 aliphatic carbocycles. The van der Waals surface area contributed by atoms with E-state index >= 15 is 0 Å². The Labute approximate surface area is 239 Å². The molecule has 1 N–H and O–H groups in total. The molecular formula is C29H34N4O5S2. The summed E-state index contributed by atoms with van der Waals surface area (Å²) < 4.78 is 32.8. The van der Waals surface area contributed by atoms with E-state index in [1.807, 2.05) is 47.4 Å². The predicted molar refractivity (Wildman–Crippen MR) is 157 cm³/mol. The zero-order valence-electron chi connectivity index (χ0n) is 22.5. The molecule has 212 valence electrons. The van der Waals surface area contributed by atoms with E-state index in [4.69, 9.17) is 4.42 Å². The number of nitrogens with one attached hydrogen (secondary N) is 1. The number of amides is 2. The summed E-state index contributed by atoms with van der Waals surface area (Å²) in [4.78, 5) is 28.6. The number of nitrogens with zero attached hydrogens (tertiary/aromatic N) is 3. The second kappa shape index (κ2) is 11.2. The zero-order chi connectivity index (χ0) is 27.9. The van der Waals surface area contributed by atoms with E-state index in [2.05, 4.69) is 9.62 Å². The minimum absolute atomic E-state index is 0.00735. The van der Waals surface area contributed by atoms with Gasteiger partial charge >= 0.3 is 0 Å². The number of anilines is 2. The molecule has 2 saturated heterocycles. The zero-order valence-corrected chi connectivity index (χ0v) is 24.2. The Bertz CT molecular complexity index is 1520. The Morgan fingerprint density at radius 2 is 1.90 bits per heavy atom.